The van der Waals surface area contributed by atoms with Gasteiger partial charge >= 0.3 is 6.09 Å². The lowest BCUT2D eigenvalue weighted by Gasteiger charge is -2.34. The van der Waals surface area contributed by atoms with Crippen LogP contribution in [0.4, 0.5) is 14.9 Å². The van der Waals surface area contributed by atoms with Crippen molar-refractivity contribution in [3.05, 3.63) is 29.6 Å². The summed E-state index contributed by atoms with van der Waals surface area (Å²) in [7, 11) is 0. The molecule has 1 aliphatic heterocycles. The van der Waals surface area contributed by atoms with Gasteiger partial charge in [-0.3, -0.25) is 0 Å². The molecular formula is C15H21FN2O3. The van der Waals surface area contributed by atoms with E-state index in [2.05, 4.69) is 0 Å². The molecule has 1 amide bonds. The number of morpholine rings is 1. The van der Waals surface area contributed by atoms with Crippen LogP contribution in [0.2, 0.25) is 0 Å². The highest BCUT2D eigenvalue weighted by atomic mass is 19.1. The van der Waals surface area contributed by atoms with E-state index in [9.17, 15) is 9.18 Å². The van der Waals surface area contributed by atoms with Gasteiger partial charge in [0.15, 0.2) is 0 Å². The van der Waals surface area contributed by atoms with Crippen LogP contribution in [-0.4, -0.2) is 36.3 Å². The van der Waals surface area contributed by atoms with Gasteiger partial charge in [0.25, 0.3) is 0 Å². The fourth-order valence-electron chi connectivity index (χ4n) is 2.09. The van der Waals surface area contributed by atoms with Crippen LogP contribution in [0.5, 0.6) is 0 Å². The molecule has 6 heteroatoms. The maximum Gasteiger partial charge on any atom is 0.410 e. The lowest BCUT2D eigenvalue weighted by molar-refractivity contribution is -0.0433. The Labute approximate surface area is 123 Å². The summed E-state index contributed by atoms with van der Waals surface area (Å²) < 4.78 is 24.5. The summed E-state index contributed by atoms with van der Waals surface area (Å²) in [6.07, 6.45) is -0.756. The quantitative estimate of drug-likeness (QED) is 0.809. The van der Waals surface area contributed by atoms with Gasteiger partial charge in [0.05, 0.1) is 18.8 Å². The molecule has 0 spiro atoms. The molecule has 1 aliphatic rings. The smallest absolute Gasteiger partial charge is 0.410 e. The predicted octanol–water partition coefficient (Wildman–Crippen LogP) is 2.72. The molecule has 1 atom stereocenters. The minimum absolute atomic E-state index is 0.0959. The van der Waals surface area contributed by atoms with E-state index in [0.717, 1.165) is 0 Å². The second-order valence-corrected chi connectivity index (χ2v) is 6.07. The van der Waals surface area contributed by atoms with Gasteiger partial charge in [0.1, 0.15) is 17.5 Å². The molecule has 0 unspecified atom stereocenters. The van der Waals surface area contributed by atoms with E-state index < -0.39 is 11.4 Å². The molecule has 0 saturated carbocycles. The molecule has 0 aliphatic carbocycles. The standard InChI is InChI=1S/C15H21FN2O3/c1-15(2,3)21-14(19)18-6-7-20-13(9-18)10-4-5-12(17)11(16)8-10/h4-5,8,13H,6-7,9,17H2,1-3H3/t13-/m0/s1. The van der Waals surface area contributed by atoms with Crippen LogP contribution in [0.1, 0.15) is 32.4 Å². The largest absolute Gasteiger partial charge is 0.444 e. The van der Waals surface area contributed by atoms with E-state index in [4.69, 9.17) is 15.2 Å². The van der Waals surface area contributed by atoms with Crippen molar-refractivity contribution in [2.24, 2.45) is 0 Å². The van der Waals surface area contributed by atoms with E-state index >= 15 is 0 Å². The van der Waals surface area contributed by atoms with Gasteiger partial charge in [0.2, 0.25) is 0 Å². The van der Waals surface area contributed by atoms with Crippen LogP contribution in [0.3, 0.4) is 0 Å². The number of carbonyl (C=O) groups excluding carboxylic acids is 1. The van der Waals surface area contributed by atoms with Crippen LogP contribution in [-0.2, 0) is 9.47 Å². The Hall–Kier alpha value is -1.82. The third kappa shape index (κ3) is 4.07. The fraction of sp³-hybridized carbons (Fsp3) is 0.533. The highest BCUT2D eigenvalue weighted by Gasteiger charge is 2.29. The molecule has 1 aromatic rings. The van der Waals surface area contributed by atoms with E-state index in [1.165, 1.54) is 12.1 Å². The Morgan fingerprint density at radius 2 is 2.19 bits per heavy atom. The molecule has 0 aromatic heterocycles. The number of benzene rings is 1. The van der Waals surface area contributed by atoms with Crippen molar-refractivity contribution < 1.29 is 18.7 Å². The number of hydrogen-bond donors (Lipinski definition) is 1. The van der Waals surface area contributed by atoms with Gasteiger partial charge in [0, 0.05) is 6.54 Å². The van der Waals surface area contributed by atoms with Crippen LogP contribution >= 0.6 is 0 Å². The summed E-state index contributed by atoms with van der Waals surface area (Å²) in [5.74, 6) is -0.481. The number of amides is 1. The molecule has 1 saturated heterocycles. The summed E-state index contributed by atoms with van der Waals surface area (Å²) in [6.45, 7) is 6.63. The van der Waals surface area contributed by atoms with Crippen molar-refractivity contribution in [3.8, 4) is 0 Å². The number of nitrogens with two attached hydrogens (primary N) is 1. The molecule has 116 valence electrons. The van der Waals surface area contributed by atoms with Crippen molar-refractivity contribution in [3.63, 3.8) is 0 Å². The third-order valence-corrected chi connectivity index (χ3v) is 3.11. The summed E-state index contributed by atoms with van der Waals surface area (Å²) in [5, 5.41) is 0. The number of ether oxygens (including phenoxy) is 2. The lowest BCUT2D eigenvalue weighted by atomic mass is 10.1. The minimum Gasteiger partial charge on any atom is -0.444 e. The van der Waals surface area contributed by atoms with Gasteiger partial charge in [-0.2, -0.15) is 0 Å². The average molecular weight is 296 g/mol. The molecule has 21 heavy (non-hydrogen) atoms. The third-order valence-electron chi connectivity index (χ3n) is 3.11. The predicted molar refractivity (Wildman–Crippen MR) is 77.3 cm³/mol. The number of hydrogen-bond acceptors (Lipinski definition) is 4. The number of nitrogens with zero attached hydrogens (tertiary/aromatic N) is 1. The number of anilines is 1. The highest BCUT2D eigenvalue weighted by Crippen LogP contribution is 2.25. The zero-order chi connectivity index (χ0) is 15.6. The minimum atomic E-state index is -0.543. The molecule has 2 N–H and O–H groups in total. The number of halogens is 1. The number of rotatable bonds is 1. The first-order valence-corrected chi connectivity index (χ1v) is 6.91. The maximum atomic E-state index is 13.5. The average Bonchev–Trinajstić information content (AvgIpc) is 2.40. The molecule has 0 radical (unpaired) electrons. The molecule has 0 bridgehead atoms. The van der Waals surface area contributed by atoms with Crippen LogP contribution in [0.25, 0.3) is 0 Å². The normalized spacial score (nSPS) is 19.4. The molecule has 2 rings (SSSR count). The summed E-state index contributed by atoms with van der Waals surface area (Å²) >= 11 is 0. The van der Waals surface area contributed by atoms with Crippen LogP contribution < -0.4 is 5.73 Å². The van der Waals surface area contributed by atoms with Crippen molar-refractivity contribution in [1.82, 2.24) is 4.90 Å². The lowest BCUT2D eigenvalue weighted by Crippen LogP contribution is -2.44. The van der Waals surface area contributed by atoms with Gasteiger partial charge in [-0.05, 0) is 38.5 Å². The second-order valence-electron chi connectivity index (χ2n) is 6.07. The monoisotopic (exact) mass is 296 g/mol. The van der Waals surface area contributed by atoms with E-state index in [-0.39, 0.29) is 17.9 Å². The summed E-state index contributed by atoms with van der Waals surface area (Å²) in [5.41, 5.74) is 5.68. The molecule has 5 nitrogen and oxygen atoms in total. The second kappa shape index (κ2) is 5.89. The Kier molecular flexibility index (Phi) is 4.37. The van der Waals surface area contributed by atoms with E-state index in [1.807, 2.05) is 20.8 Å². The first-order valence-electron chi connectivity index (χ1n) is 6.91. The fourth-order valence-corrected chi connectivity index (χ4v) is 2.09. The highest BCUT2D eigenvalue weighted by molar-refractivity contribution is 5.68. The summed E-state index contributed by atoms with van der Waals surface area (Å²) in [6, 6.07) is 4.56. The SMILES string of the molecule is CC(C)(C)OC(=O)N1CCO[C@H](c2ccc(N)c(F)c2)C1. The van der Waals surface area contributed by atoms with Crippen molar-refractivity contribution in [1.29, 1.82) is 0 Å². The molecule has 1 fully saturated rings. The number of carbonyl (C=O) groups is 1. The number of nitrogen functional groups attached to an aromatic ring is 1. The topological polar surface area (TPSA) is 64.8 Å². The van der Waals surface area contributed by atoms with Gasteiger partial charge in [-0.1, -0.05) is 6.07 Å². The van der Waals surface area contributed by atoms with Crippen LogP contribution in [0, 0.1) is 5.82 Å². The van der Waals surface area contributed by atoms with Crippen molar-refractivity contribution in [2.75, 3.05) is 25.4 Å². The van der Waals surface area contributed by atoms with E-state index in [0.29, 0.717) is 25.3 Å². The first kappa shape index (κ1) is 15.6. The van der Waals surface area contributed by atoms with Crippen LogP contribution in [0.15, 0.2) is 18.2 Å². The Morgan fingerprint density at radius 1 is 1.48 bits per heavy atom. The summed E-state index contributed by atoms with van der Waals surface area (Å²) in [4.78, 5) is 13.6. The zero-order valence-corrected chi connectivity index (χ0v) is 12.6. The molecular weight excluding hydrogens is 275 g/mol. The molecule has 1 heterocycles. The maximum absolute atomic E-state index is 13.5. The molecule has 1 aromatic carbocycles. The van der Waals surface area contributed by atoms with Gasteiger partial charge in [-0.25, -0.2) is 9.18 Å². The Balaban J connectivity index is 2.06. The first-order chi connectivity index (χ1) is 9.76. The Morgan fingerprint density at radius 3 is 2.81 bits per heavy atom. The zero-order valence-electron chi connectivity index (χ0n) is 12.6. The Bertz CT molecular complexity index is 528. The van der Waals surface area contributed by atoms with Crippen molar-refractivity contribution >= 4 is 11.8 Å². The van der Waals surface area contributed by atoms with Gasteiger partial charge in [-0.15, -0.1) is 0 Å². The van der Waals surface area contributed by atoms with Crippen molar-refractivity contribution in [2.45, 2.75) is 32.5 Å². The van der Waals surface area contributed by atoms with Gasteiger partial charge < -0.3 is 20.1 Å². The van der Waals surface area contributed by atoms with E-state index in [1.54, 1.807) is 11.0 Å².